The quantitative estimate of drug-likeness (QED) is 0.849. The Kier molecular flexibility index (Phi) is 4.41. The van der Waals surface area contributed by atoms with Gasteiger partial charge in [-0.2, -0.15) is 5.10 Å². The lowest BCUT2D eigenvalue weighted by molar-refractivity contribution is 0.0821. The SMILES string of the molecule is CN(C)C(=O)c1cc(NC(=O)c2cc(F)c(F)cc2Cl)n[nH]1. The molecule has 0 radical (unpaired) electrons. The average molecular weight is 329 g/mol. The predicted octanol–water partition coefficient (Wildman–Crippen LogP) is 2.30. The Morgan fingerprint density at radius 1 is 1.23 bits per heavy atom. The smallest absolute Gasteiger partial charge is 0.271 e. The predicted molar refractivity (Wildman–Crippen MR) is 75.9 cm³/mol. The van der Waals surface area contributed by atoms with Gasteiger partial charge in [-0.05, 0) is 12.1 Å². The van der Waals surface area contributed by atoms with Gasteiger partial charge < -0.3 is 10.2 Å². The number of carbonyl (C=O) groups is 2. The number of halogens is 3. The summed E-state index contributed by atoms with van der Waals surface area (Å²) in [6, 6.07) is 2.71. The fourth-order valence-electron chi connectivity index (χ4n) is 1.62. The summed E-state index contributed by atoms with van der Waals surface area (Å²) in [5, 5.41) is 8.29. The summed E-state index contributed by atoms with van der Waals surface area (Å²) in [5.41, 5.74) is -0.0827. The first-order chi connectivity index (χ1) is 10.3. The number of aromatic nitrogens is 2. The van der Waals surface area contributed by atoms with Crippen molar-refractivity contribution in [1.82, 2.24) is 15.1 Å². The lowest BCUT2D eigenvalue weighted by Crippen LogP contribution is -2.21. The molecule has 0 aliphatic rings. The molecular formula is C13H11ClF2N4O2. The van der Waals surface area contributed by atoms with E-state index in [4.69, 9.17) is 11.6 Å². The second-order valence-corrected chi connectivity index (χ2v) is 4.97. The molecule has 2 aromatic rings. The fourth-order valence-corrected chi connectivity index (χ4v) is 1.85. The van der Waals surface area contributed by atoms with E-state index in [2.05, 4.69) is 15.5 Å². The summed E-state index contributed by atoms with van der Waals surface area (Å²) < 4.78 is 26.1. The summed E-state index contributed by atoms with van der Waals surface area (Å²) >= 11 is 5.70. The summed E-state index contributed by atoms with van der Waals surface area (Å²) in [6.45, 7) is 0. The van der Waals surface area contributed by atoms with Crippen molar-refractivity contribution in [2.24, 2.45) is 0 Å². The number of nitrogens with one attached hydrogen (secondary N) is 2. The van der Waals surface area contributed by atoms with Crippen LogP contribution in [0.15, 0.2) is 18.2 Å². The highest BCUT2D eigenvalue weighted by Gasteiger charge is 2.17. The molecular weight excluding hydrogens is 318 g/mol. The molecule has 0 unspecified atom stereocenters. The van der Waals surface area contributed by atoms with Gasteiger partial charge in [0.15, 0.2) is 17.5 Å². The molecule has 9 heteroatoms. The molecule has 6 nitrogen and oxygen atoms in total. The Morgan fingerprint density at radius 3 is 2.50 bits per heavy atom. The van der Waals surface area contributed by atoms with Crippen molar-refractivity contribution in [3.63, 3.8) is 0 Å². The van der Waals surface area contributed by atoms with Gasteiger partial charge in [0.1, 0.15) is 5.69 Å². The zero-order valence-electron chi connectivity index (χ0n) is 11.6. The van der Waals surface area contributed by atoms with Crippen molar-refractivity contribution in [3.05, 3.63) is 46.1 Å². The van der Waals surface area contributed by atoms with Crippen LogP contribution < -0.4 is 5.32 Å². The molecule has 0 fully saturated rings. The summed E-state index contributed by atoms with van der Waals surface area (Å²) in [4.78, 5) is 25.0. The molecule has 2 rings (SSSR count). The van der Waals surface area contributed by atoms with Crippen molar-refractivity contribution in [1.29, 1.82) is 0 Å². The average Bonchev–Trinajstić information content (AvgIpc) is 2.90. The van der Waals surface area contributed by atoms with Gasteiger partial charge in [0.05, 0.1) is 10.6 Å². The van der Waals surface area contributed by atoms with Crippen molar-refractivity contribution in [2.45, 2.75) is 0 Å². The molecule has 0 spiro atoms. The van der Waals surface area contributed by atoms with Crippen molar-refractivity contribution in [2.75, 3.05) is 19.4 Å². The van der Waals surface area contributed by atoms with E-state index in [-0.39, 0.29) is 28.0 Å². The highest BCUT2D eigenvalue weighted by atomic mass is 35.5. The molecule has 116 valence electrons. The topological polar surface area (TPSA) is 78.1 Å². The van der Waals surface area contributed by atoms with Gasteiger partial charge in [-0.3, -0.25) is 14.7 Å². The van der Waals surface area contributed by atoms with Crippen LogP contribution in [0.25, 0.3) is 0 Å². The molecule has 22 heavy (non-hydrogen) atoms. The van der Waals surface area contributed by atoms with E-state index < -0.39 is 17.5 Å². The van der Waals surface area contributed by atoms with Crippen LogP contribution in [-0.2, 0) is 0 Å². The number of rotatable bonds is 3. The lowest BCUT2D eigenvalue weighted by atomic mass is 10.2. The van der Waals surface area contributed by atoms with Crippen LogP contribution >= 0.6 is 11.6 Å². The van der Waals surface area contributed by atoms with Gasteiger partial charge in [-0.25, -0.2) is 8.78 Å². The van der Waals surface area contributed by atoms with Gasteiger partial charge in [0, 0.05) is 20.2 Å². The Balaban J connectivity index is 2.19. The third kappa shape index (κ3) is 3.22. The number of carbonyl (C=O) groups excluding carboxylic acids is 2. The molecule has 0 aliphatic carbocycles. The number of amides is 2. The Labute approximate surface area is 129 Å². The highest BCUT2D eigenvalue weighted by Crippen LogP contribution is 2.21. The number of nitrogens with zero attached hydrogens (tertiary/aromatic N) is 2. The van der Waals surface area contributed by atoms with E-state index in [1.54, 1.807) is 14.1 Å². The molecule has 1 heterocycles. The van der Waals surface area contributed by atoms with E-state index in [1.807, 2.05) is 0 Å². The minimum Gasteiger partial charge on any atom is -0.343 e. The molecule has 2 amide bonds. The van der Waals surface area contributed by atoms with E-state index in [0.29, 0.717) is 12.1 Å². The number of anilines is 1. The van der Waals surface area contributed by atoms with Gasteiger partial charge in [0.2, 0.25) is 0 Å². The zero-order valence-corrected chi connectivity index (χ0v) is 12.3. The van der Waals surface area contributed by atoms with E-state index >= 15 is 0 Å². The maximum Gasteiger partial charge on any atom is 0.271 e. The number of hydrogen-bond donors (Lipinski definition) is 2. The van der Waals surface area contributed by atoms with Crippen LogP contribution in [-0.4, -0.2) is 41.0 Å². The Bertz CT molecular complexity index is 746. The number of aromatic amines is 1. The van der Waals surface area contributed by atoms with E-state index in [9.17, 15) is 18.4 Å². The molecule has 1 aromatic heterocycles. The first-order valence-electron chi connectivity index (χ1n) is 6.02. The van der Waals surface area contributed by atoms with Crippen molar-refractivity contribution >= 4 is 29.2 Å². The monoisotopic (exact) mass is 328 g/mol. The number of hydrogen-bond acceptors (Lipinski definition) is 3. The fraction of sp³-hybridized carbons (Fsp3) is 0.154. The van der Waals surface area contributed by atoms with Crippen LogP contribution in [0.4, 0.5) is 14.6 Å². The summed E-state index contributed by atoms with van der Waals surface area (Å²) in [6.07, 6.45) is 0. The molecule has 0 atom stereocenters. The normalized spacial score (nSPS) is 10.4. The number of benzene rings is 1. The second kappa shape index (κ2) is 6.10. The maximum atomic E-state index is 13.2. The van der Waals surface area contributed by atoms with Gasteiger partial charge in [0.25, 0.3) is 11.8 Å². The molecule has 1 aromatic carbocycles. The third-order valence-electron chi connectivity index (χ3n) is 2.71. The van der Waals surface area contributed by atoms with Crippen LogP contribution in [0, 0.1) is 11.6 Å². The van der Waals surface area contributed by atoms with Crippen molar-refractivity contribution < 1.29 is 18.4 Å². The zero-order chi connectivity index (χ0) is 16.4. The van der Waals surface area contributed by atoms with Crippen molar-refractivity contribution in [3.8, 4) is 0 Å². The first-order valence-corrected chi connectivity index (χ1v) is 6.40. The van der Waals surface area contributed by atoms with Gasteiger partial charge >= 0.3 is 0 Å². The summed E-state index contributed by atoms with van der Waals surface area (Å²) in [7, 11) is 3.12. The van der Waals surface area contributed by atoms with Crippen LogP contribution in [0.5, 0.6) is 0 Å². The third-order valence-corrected chi connectivity index (χ3v) is 3.02. The highest BCUT2D eigenvalue weighted by molar-refractivity contribution is 6.34. The minimum absolute atomic E-state index is 0.0519. The molecule has 2 N–H and O–H groups in total. The molecule has 0 saturated carbocycles. The first kappa shape index (κ1) is 15.9. The van der Waals surface area contributed by atoms with E-state index in [0.717, 1.165) is 0 Å². The lowest BCUT2D eigenvalue weighted by Gasteiger charge is -2.07. The largest absolute Gasteiger partial charge is 0.343 e. The Hall–Kier alpha value is -2.48. The van der Waals surface area contributed by atoms with Crippen LogP contribution in [0.2, 0.25) is 5.02 Å². The van der Waals surface area contributed by atoms with Crippen LogP contribution in [0.1, 0.15) is 20.8 Å². The molecule has 0 aliphatic heterocycles. The minimum atomic E-state index is -1.19. The standard InChI is InChI=1S/C13H11ClF2N4O2/c1-20(2)13(22)10-5-11(19-18-10)17-12(21)6-3-8(15)9(16)4-7(6)14/h3-5H,1-2H3,(H2,17,18,19,21). The van der Waals surface area contributed by atoms with Gasteiger partial charge in [-0.1, -0.05) is 11.6 Å². The molecule has 0 bridgehead atoms. The summed E-state index contributed by atoms with van der Waals surface area (Å²) in [5.74, 6) is -3.41. The number of H-pyrrole nitrogens is 1. The molecule has 0 saturated heterocycles. The Morgan fingerprint density at radius 2 is 1.86 bits per heavy atom. The maximum absolute atomic E-state index is 13.2. The second-order valence-electron chi connectivity index (χ2n) is 4.57. The van der Waals surface area contributed by atoms with E-state index in [1.165, 1.54) is 11.0 Å². The van der Waals surface area contributed by atoms with Crippen LogP contribution in [0.3, 0.4) is 0 Å². The van der Waals surface area contributed by atoms with Gasteiger partial charge in [-0.15, -0.1) is 0 Å².